The predicted molar refractivity (Wildman–Crippen MR) is 79.4 cm³/mol. The van der Waals surface area contributed by atoms with E-state index in [1.165, 1.54) is 12.6 Å². The van der Waals surface area contributed by atoms with E-state index in [0.29, 0.717) is 0 Å². The van der Waals surface area contributed by atoms with Crippen LogP contribution in [-0.4, -0.2) is 29.6 Å². The Morgan fingerprint density at radius 3 is 3.10 bits per heavy atom. The molecule has 2 saturated heterocycles. The molecule has 2 aliphatic rings. The molecule has 2 fully saturated rings. The van der Waals surface area contributed by atoms with Gasteiger partial charge >= 0.3 is 5.97 Å². The maximum Gasteiger partial charge on any atom is 0.303 e. The molecule has 1 aromatic carbocycles. The second-order valence-corrected chi connectivity index (χ2v) is 6.11. The molecule has 0 aliphatic carbocycles. The lowest BCUT2D eigenvalue weighted by Gasteiger charge is -2.33. The first-order valence-corrected chi connectivity index (χ1v) is 7.35. The van der Waals surface area contributed by atoms with Gasteiger partial charge in [-0.3, -0.25) is 4.79 Å². The zero-order valence-electron chi connectivity index (χ0n) is 11.6. The molecule has 4 heteroatoms. The van der Waals surface area contributed by atoms with Crippen LogP contribution in [0.3, 0.4) is 0 Å². The molecular formula is C16H18ClNO2. The minimum absolute atomic E-state index is 0.184. The fourth-order valence-electron chi connectivity index (χ4n) is 3.28. The second-order valence-electron chi connectivity index (χ2n) is 5.67. The van der Waals surface area contributed by atoms with Crippen LogP contribution in [0.1, 0.15) is 31.7 Å². The average Bonchev–Trinajstić information content (AvgIpc) is 2.59. The van der Waals surface area contributed by atoms with Gasteiger partial charge in [0.05, 0.1) is 6.54 Å². The van der Waals surface area contributed by atoms with Crippen LogP contribution in [0, 0.1) is 0 Å². The molecule has 3 nitrogen and oxygen atoms in total. The van der Waals surface area contributed by atoms with Crippen molar-refractivity contribution in [3.8, 4) is 0 Å². The monoisotopic (exact) mass is 291 g/mol. The van der Waals surface area contributed by atoms with E-state index in [1.807, 2.05) is 24.3 Å². The van der Waals surface area contributed by atoms with E-state index in [-0.39, 0.29) is 11.6 Å². The number of fused-ring (bicyclic) bond motifs is 2. The lowest BCUT2D eigenvalue weighted by molar-refractivity contribution is -0.157. The van der Waals surface area contributed by atoms with Crippen molar-refractivity contribution in [2.24, 2.45) is 0 Å². The van der Waals surface area contributed by atoms with Crippen molar-refractivity contribution in [2.45, 2.75) is 31.8 Å². The molecule has 1 aromatic rings. The van der Waals surface area contributed by atoms with Gasteiger partial charge in [-0.2, -0.15) is 0 Å². The van der Waals surface area contributed by atoms with E-state index in [9.17, 15) is 4.79 Å². The summed E-state index contributed by atoms with van der Waals surface area (Å²) in [5, 5.41) is 0.741. The van der Waals surface area contributed by atoms with Crippen molar-refractivity contribution in [3.05, 3.63) is 40.5 Å². The summed E-state index contributed by atoms with van der Waals surface area (Å²) in [6, 6.07) is 7.82. The molecule has 0 amide bonds. The topological polar surface area (TPSA) is 29.5 Å². The van der Waals surface area contributed by atoms with Gasteiger partial charge in [-0.15, -0.1) is 0 Å². The van der Waals surface area contributed by atoms with Gasteiger partial charge in [-0.25, -0.2) is 0 Å². The molecule has 0 N–H and O–H groups in total. The number of piperidine rings is 1. The predicted octanol–water partition coefficient (Wildman–Crippen LogP) is 3.48. The Labute approximate surface area is 124 Å². The Morgan fingerprint density at radius 1 is 1.50 bits per heavy atom. The highest BCUT2D eigenvalue weighted by Gasteiger charge is 2.45. The molecule has 3 rings (SSSR count). The second kappa shape index (κ2) is 5.13. The number of carbonyl (C=O) groups is 1. The van der Waals surface area contributed by atoms with E-state index >= 15 is 0 Å². The van der Waals surface area contributed by atoms with Gasteiger partial charge in [-0.05, 0) is 36.6 Å². The normalized spacial score (nSPS) is 26.9. The third-order valence-corrected chi connectivity index (χ3v) is 4.23. The number of esters is 1. The van der Waals surface area contributed by atoms with Crippen molar-refractivity contribution in [1.29, 1.82) is 0 Å². The smallest absolute Gasteiger partial charge is 0.303 e. The summed E-state index contributed by atoms with van der Waals surface area (Å²) < 4.78 is 5.61. The minimum atomic E-state index is -0.311. The van der Waals surface area contributed by atoms with Crippen LogP contribution in [0.25, 0.3) is 6.08 Å². The van der Waals surface area contributed by atoms with Gasteiger partial charge in [0, 0.05) is 30.6 Å². The highest BCUT2D eigenvalue weighted by atomic mass is 35.5. The first-order valence-electron chi connectivity index (χ1n) is 6.97. The van der Waals surface area contributed by atoms with Gasteiger partial charge < -0.3 is 9.64 Å². The Morgan fingerprint density at radius 2 is 2.35 bits per heavy atom. The molecule has 2 heterocycles. The van der Waals surface area contributed by atoms with E-state index in [4.69, 9.17) is 16.3 Å². The SMILES string of the molecule is CC(=O)OC12CCCN(C1)/C(=C/c1cccc(Cl)c1)C2. The summed E-state index contributed by atoms with van der Waals surface area (Å²) in [5.41, 5.74) is 2.03. The van der Waals surface area contributed by atoms with Crippen molar-refractivity contribution >= 4 is 23.6 Å². The number of nitrogens with zero attached hydrogens (tertiary/aromatic N) is 1. The van der Waals surface area contributed by atoms with Crippen LogP contribution in [0.4, 0.5) is 0 Å². The molecule has 0 aromatic heterocycles. The molecule has 2 aliphatic heterocycles. The molecule has 1 unspecified atom stereocenters. The molecule has 0 radical (unpaired) electrons. The maximum atomic E-state index is 11.3. The number of rotatable bonds is 2. The summed E-state index contributed by atoms with van der Waals surface area (Å²) in [6.07, 6.45) is 4.98. The molecule has 1 atom stereocenters. The zero-order chi connectivity index (χ0) is 14.2. The van der Waals surface area contributed by atoms with Crippen LogP contribution >= 0.6 is 11.6 Å². The van der Waals surface area contributed by atoms with Crippen LogP contribution in [0.15, 0.2) is 30.0 Å². The number of carbonyl (C=O) groups excluding carboxylic acids is 1. The van der Waals surface area contributed by atoms with Crippen LogP contribution < -0.4 is 0 Å². The van der Waals surface area contributed by atoms with Gasteiger partial charge in [0.15, 0.2) is 0 Å². The lowest BCUT2D eigenvalue weighted by Crippen LogP contribution is -2.42. The lowest BCUT2D eigenvalue weighted by atomic mass is 9.94. The van der Waals surface area contributed by atoms with E-state index in [1.54, 1.807) is 0 Å². The standard InChI is InChI=1S/C16H18ClNO2/c1-12(19)20-16-6-3-7-18(11-16)15(10-16)9-13-4-2-5-14(17)8-13/h2,4-5,8-9H,3,6-7,10-11H2,1H3/b15-9+. The average molecular weight is 292 g/mol. The van der Waals surface area contributed by atoms with Gasteiger partial charge in [0.1, 0.15) is 5.60 Å². The van der Waals surface area contributed by atoms with Crippen molar-refractivity contribution in [3.63, 3.8) is 0 Å². The summed E-state index contributed by atoms with van der Waals surface area (Å²) in [4.78, 5) is 13.7. The summed E-state index contributed by atoms with van der Waals surface area (Å²) >= 11 is 6.03. The fraction of sp³-hybridized carbons (Fsp3) is 0.438. The molecule has 2 bridgehead atoms. The van der Waals surface area contributed by atoms with Crippen molar-refractivity contribution in [2.75, 3.05) is 13.1 Å². The minimum Gasteiger partial charge on any atom is -0.457 e. The first kappa shape index (κ1) is 13.5. The van der Waals surface area contributed by atoms with E-state index in [2.05, 4.69) is 11.0 Å². The Kier molecular flexibility index (Phi) is 3.47. The molecular weight excluding hydrogens is 274 g/mol. The van der Waals surface area contributed by atoms with Gasteiger partial charge in [-0.1, -0.05) is 23.7 Å². The Hall–Kier alpha value is -1.48. The number of benzene rings is 1. The Bertz CT molecular complexity index is 569. The number of halogens is 1. The zero-order valence-corrected chi connectivity index (χ0v) is 12.3. The largest absolute Gasteiger partial charge is 0.457 e. The van der Waals surface area contributed by atoms with Crippen LogP contribution in [0.5, 0.6) is 0 Å². The van der Waals surface area contributed by atoms with Crippen molar-refractivity contribution in [1.82, 2.24) is 4.90 Å². The number of hydrogen-bond acceptors (Lipinski definition) is 3. The first-order chi connectivity index (χ1) is 9.56. The van der Waals surface area contributed by atoms with Crippen LogP contribution in [0.2, 0.25) is 5.02 Å². The molecule has 20 heavy (non-hydrogen) atoms. The maximum absolute atomic E-state index is 11.3. The van der Waals surface area contributed by atoms with Gasteiger partial charge in [0.2, 0.25) is 0 Å². The number of hydrogen-bond donors (Lipinski definition) is 0. The third kappa shape index (κ3) is 2.68. The van der Waals surface area contributed by atoms with Gasteiger partial charge in [0.25, 0.3) is 0 Å². The van der Waals surface area contributed by atoms with Crippen LogP contribution in [-0.2, 0) is 9.53 Å². The molecule has 106 valence electrons. The molecule has 0 saturated carbocycles. The summed E-state index contributed by atoms with van der Waals surface area (Å²) in [5.74, 6) is -0.184. The quantitative estimate of drug-likeness (QED) is 0.781. The summed E-state index contributed by atoms with van der Waals surface area (Å²) in [6.45, 7) is 3.35. The summed E-state index contributed by atoms with van der Waals surface area (Å²) in [7, 11) is 0. The van der Waals surface area contributed by atoms with E-state index in [0.717, 1.165) is 42.9 Å². The highest BCUT2D eigenvalue weighted by molar-refractivity contribution is 6.30. The fourth-order valence-corrected chi connectivity index (χ4v) is 3.48. The van der Waals surface area contributed by atoms with E-state index < -0.39 is 0 Å². The molecule has 0 spiro atoms. The third-order valence-electron chi connectivity index (χ3n) is 3.99. The van der Waals surface area contributed by atoms with Crippen molar-refractivity contribution < 1.29 is 9.53 Å². The Balaban J connectivity index is 1.86. The number of ether oxygens (including phenoxy) is 1. The highest BCUT2D eigenvalue weighted by Crippen LogP contribution is 2.41.